The third-order valence-electron chi connectivity index (χ3n) is 6.94. The van der Waals surface area contributed by atoms with Gasteiger partial charge in [-0.2, -0.15) is 15.0 Å². The Balaban J connectivity index is 1.25. The van der Waals surface area contributed by atoms with E-state index < -0.39 is 0 Å². The lowest BCUT2D eigenvalue weighted by Crippen LogP contribution is -2.27. The number of nitrogens with one attached hydrogen (secondary N) is 4. The van der Waals surface area contributed by atoms with E-state index in [2.05, 4.69) is 50.1 Å². The predicted molar refractivity (Wildman–Crippen MR) is 148 cm³/mol. The summed E-state index contributed by atoms with van der Waals surface area (Å²) >= 11 is 0. The van der Waals surface area contributed by atoms with Crippen LogP contribution in [-0.4, -0.2) is 72.5 Å². The van der Waals surface area contributed by atoms with Gasteiger partial charge in [-0.1, -0.05) is 18.6 Å². The Labute approximate surface area is 225 Å². The van der Waals surface area contributed by atoms with Gasteiger partial charge in [0.25, 0.3) is 5.91 Å². The van der Waals surface area contributed by atoms with Crippen molar-refractivity contribution in [3.63, 3.8) is 0 Å². The molecule has 2 saturated carbocycles. The number of hydrogen-bond acceptors (Lipinski definition) is 10. The van der Waals surface area contributed by atoms with Gasteiger partial charge in [0.15, 0.2) is 0 Å². The maximum absolute atomic E-state index is 12.4. The van der Waals surface area contributed by atoms with Gasteiger partial charge in [-0.15, -0.1) is 0 Å². The van der Waals surface area contributed by atoms with Crippen LogP contribution < -0.4 is 27.0 Å². The van der Waals surface area contributed by atoms with E-state index in [1.165, 1.54) is 25.7 Å². The smallest absolute Gasteiger partial charge is 0.251 e. The average Bonchev–Trinajstić information content (AvgIpc) is 3.52. The highest BCUT2D eigenvalue weighted by atomic mass is 16.5. The Morgan fingerprint density at radius 2 is 1.71 bits per heavy atom. The van der Waals surface area contributed by atoms with Crippen molar-refractivity contribution in [2.24, 2.45) is 17.6 Å². The van der Waals surface area contributed by atoms with E-state index in [0.717, 1.165) is 17.4 Å². The third-order valence-corrected chi connectivity index (χ3v) is 6.94. The molecule has 0 aliphatic heterocycles. The zero-order valence-corrected chi connectivity index (χ0v) is 22.5. The molecule has 3 atom stereocenters. The van der Waals surface area contributed by atoms with E-state index in [-0.39, 0.29) is 11.9 Å². The highest BCUT2D eigenvalue weighted by Crippen LogP contribution is 2.45. The Hall–Kier alpha value is -3.02. The molecule has 2 fully saturated rings. The predicted octanol–water partition coefficient (Wildman–Crippen LogP) is 2.63. The Morgan fingerprint density at radius 3 is 2.39 bits per heavy atom. The minimum atomic E-state index is -0.134. The first-order valence-corrected chi connectivity index (χ1v) is 13.8. The molecule has 0 saturated heterocycles. The fourth-order valence-electron chi connectivity index (χ4n) is 5.13. The molecule has 2 aliphatic carbocycles. The topological polar surface area (TPSA) is 148 Å². The second-order valence-electron chi connectivity index (χ2n) is 10.4. The summed E-state index contributed by atoms with van der Waals surface area (Å²) in [5, 5.41) is 13.0. The number of fused-ring (bicyclic) bond motifs is 2. The minimum Gasteiger partial charge on any atom is -0.378 e. The van der Waals surface area contributed by atoms with Crippen molar-refractivity contribution < 1.29 is 14.3 Å². The van der Waals surface area contributed by atoms with Crippen LogP contribution in [-0.2, 0) is 16.0 Å². The number of aromatic nitrogens is 3. The fraction of sp³-hybridized carbons (Fsp3) is 0.630. The molecule has 1 aromatic carbocycles. The summed E-state index contributed by atoms with van der Waals surface area (Å²) in [7, 11) is 0. The molecule has 6 N–H and O–H groups in total. The summed E-state index contributed by atoms with van der Waals surface area (Å²) in [5.74, 6) is 3.12. The molecule has 4 rings (SSSR count). The second kappa shape index (κ2) is 14.2. The number of rotatable bonds is 16. The normalized spacial score (nSPS) is 20.1. The molecule has 1 aromatic heterocycles. The molecule has 0 radical (unpaired) electrons. The van der Waals surface area contributed by atoms with E-state index in [9.17, 15) is 4.79 Å². The highest BCUT2D eigenvalue weighted by Gasteiger charge is 2.39. The molecule has 2 aromatic rings. The molecule has 1 heterocycles. The standard InChI is InChI=1S/C27H42N8O3/c1-18(2)31-26-33-25(34-27(35-26)32-23-16-20-5-8-22(23)15-20)30-17-19-3-6-21(7-4-19)24(36)29-10-12-38-14-13-37-11-9-28/h3-4,6-7,18,20,22-23H,5,8-17,28H2,1-2H3,(H,29,36)(H3,30,31,32,33,34,35). The fourth-order valence-corrected chi connectivity index (χ4v) is 5.13. The van der Waals surface area contributed by atoms with Gasteiger partial charge >= 0.3 is 0 Å². The van der Waals surface area contributed by atoms with Gasteiger partial charge in [0.2, 0.25) is 17.8 Å². The summed E-state index contributed by atoms with van der Waals surface area (Å²) in [6.07, 6.45) is 5.16. The van der Waals surface area contributed by atoms with Crippen LogP contribution in [0.2, 0.25) is 0 Å². The van der Waals surface area contributed by atoms with Crippen LogP contribution in [0.3, 0.4) is 0 Å². The lowest BCUT2D eigenvalue weighted by atomic mass is 9.95. The summed E-state index contributed by atoms with van der Waals surface area (Å²) < 4.78 is 10.7. The maximum Gasteiger partial charge on any atom is 0.251 e. The van der Waals surface area contributed by atoms with Crippen molar-refractivity contribution in [1.82, 2.24) is 20.3 Å². The van der Waals surface area contributed by atoms with Gasteiger partial charge in [-0.3, -0.25) is 4.79 Å². The van der Waals surface area contributed by atoms with Crippen LogP contribution in [0.25, 0.3) is 0 Å². The number of hydrogen-bond donors (Lipinski definition) is 5. The minimum absolute atomic E-state index is 0.134. The van der Waals surface area contributed by atoms with Crippen LogP contribution in [0.5, 0.6) is 0 Å². The van der Waals surface area contributed by atoms with Crippen LogP contribution in [0.1, 0.15) is 55.5 Å². The van der Waals surface area contributed by atoms with Crippen LogP contribution >= 0.6 is 0 Å². The van der Waals surface area contributed by atoms with E-state index in [4.69, 9.17) is 15.2 Å². The van der Waals surface area contributed by atoms with Gasteiger partial charge in [0, 0.05) is 37.3 Å². The second-order valence-corrected chi connectivity index (χ2v) is 10.4. The van der Waals surface area contributed by atoms with E-state index in [1.54, 1.807) is 0 Å². The number of anilines is 3. The number of carbonyl (C=O) groups is 1. The number of amides is 1. The third kappa shape index (κ3) is 8.50. The Kier molecular flexibility index (Phi) is 10.5. The molecule has 11 nitrogen and oxygen atoms in total. The molecule has 1 amide bonds. The molecule has 2 bridgehead atoms. The van der Waals surface area contributed by atoms with E-state index >= 15 is 0 Å². The first kappa shape index (κ1) is 28.0. The number of nitrogens with zero attached hydrogens (tertiary/aromatic N) is 3. The molecular formula is C27H42N8O3. The number of carbonyl (C=O) groups excluding carboxylic acids is 1. The van der Waals surface area contributed by atoms with Crippen LogP contribution in [0, 0.1) is 11.8 Å². The summed E-state index contributed by atoms with van der Waals surface area (Å²) in [6.45, 7) is 7.51. The Morgan fingerprint density at radius 1 is 0.974 bits per heavy atom. The number of nitrogens with two attached hydrogens (primary N) is 1. The van der Waals surface area contributed by atoms with Crippen molar-refractivity contribution in [3.05, 3.63) is 35.4 Å². The largest absolute Gasteiger partial charge is 0.378 e. The molecule has 3 unspecified atom stereocenters. The summed E-state index contributed by atoms with van der Waals surface area (Å²) in [4.78, 5) is 26.2. The quantitative estimate of drug-likeness (QED) is 0.207. The summed E-state index contributed by atoms with van der Waals surface area (Å²) in [5.41, 5.74) is 6.98. The van der Waals surface area contributed by atoms with Crippen molar-refractivity contribution in [2.45, 2.75) is 58.2 Å². The molecular weight excluding hydrogens is 484 g/mol. The van der Waals surface area contributed by atoms with Gasteiger partial charge in [-0.05, 0) is 62.6 Å². The van der Waals surface area contributed by atoms with Gasteiger partial charge in [0.05, 0.1) is 26.4 Å². The van der Waals surface area contributed by atoms with Crippen LogP contribution in [0.4, 0.5) is 17.8 Å². The van der Waals surface area contributed by atoms with Crippen molar-refractivity contribution in [1.29, 1.82) is 0 Å². The lowest BCUT2D eigenvalue weighted by Gasteiger charge is -2.23. The molecule has 0 spiro atoms. The van der Waals surface area contributed by atoms with Gasteiger partial charge in [0.1, 0.15) is 0 Å². The lowest BCUT2D eigenvalue weighted by molar-refractivity contribution is 0.0511. The highest BCUT2D eigenvalue weighted by molar-refractivity contribution is 5.94. The zero-order valence-electron chi connectivity index (χ0n) is 22.5. The first-order valence-electron chi connectivity index (χ1n) is 13.8. The molecule has 11 heteroatoms. The molecule has 208 valence electrons. The SMILES string of the molecule is CC(C)Nc1nc(NCc2ccc(C(=O)NCCOCCOCCN)cc2)nc(NC2CC3CCC2C3)n1. The first-order chi connectivity index (χ1) is 18.5. The molecule has 2 aliphatic rings. The maximum atomic E-state index is 12.4. The summed E-state index contributed by atoms with van der Waals surface area (Å²) in [6, 6.07) is 8.13. The Bertz CT molecular complexity index is 1020. The van der Waals surface area contributed by atoms with Crippen molar-refractivity contribution >= 4 is 23.8 Å². The van der Waals surface area contributed by atoms with E-state index in [0.29, 0.717) is 75.5 Å². The number of benzene rings is 1. The van der Waals surface area contributed by atoms with Crippen LogP contribution in [0.15, 0.2) is 24.3 Å². The molecule has 38 heavy (non-hydrogen) atoms. The average molecular weight is 527 g/mol. The zero-order chi connectivity index (χ0) is 26.7. The van der Waals surface area contributed by atoms with Crippen molar-refractivity contribution in [3.8, 4) is 0 Å². The number of ether oxygens (including phenoxy) is 2. The van der Waals surface area contributed by atoms with E-state index in [1.807, 2.05) is 24.3 Å². The monoisotopic (exact) mass is 526 g/mol. The van der Waals surface area contributed by atoms with Gasteiger partial charge in [-0.25, -0.2) is 0 Å². The van der Waals surface area contributed by atoms with Crippen molar-refractivity contribution in [2.75, 3.05) is 55.5 Å². The van der Waals surface area contributed by atoms with Gasteiger partial charge < -0.3 is 36.5 Å².